The second-order valence-corrected chi connectivity index (χ2v) is 7.14. The van der Waals surface area contributed by atoms with Crippen molar-refractivity contribution in [3.63, 3.8) is 0 Å². The molecule has 0 aliphatic heterocycles. The topological polar surface area (TPSA) is 57.6 Å². The van der Waals surface area contributed by atoms with Crippen LogP contribution in [0.3, 0.4) is 0 Å². The summed E-state index contributed by atoms with van der Waals surface area (Å²) in [6.07, 6.45) is -4.66. The van der Waals surface area contributed by atoms with Gasteiger partial charge in [-0.05, 0) is 27.4 Å². The summed E-state index contributed by atoms with van der Waals surface area (Å²) in [5.41, 5.74) is 0. The minimum atomic E-state index is -4.66. The molecule has 1 rings (SSSR count). The summed E-state index contributed by atoms with van der Waals surface area (Å²) >= 11 is 3.77. The van der Waals surface area contributed by atoms with Gasteiger partial charge in [-0.3, -0.25) is 0 Å². The van der Waals surface area contributed by atoms with E-state index in [1.165, 1.54) is 11.4 Å². The number of thiophene rings is 1. The smallest absolute Gasteiger partial charge is 0.395 e. The molecule has 0 unspecified atom stereocenters. The summed E-state index contributed by atoms with van der Waals surface area (Å²) in [4.78, 5) is 0. The van der Waals surface area contributed by atoms with Crippen molar-refractivity contribution in [1.82, 2.24) is 4.31 Å². The lowest BCUT2D eigenvalue weighted by Gasteiger charge is -2.21. The van der Waals surface area contributed by atoms with Crippen molar-refractivity contribution in [3.05, 3.63) is 15.9 Å². The Balaban J connectivity index is 3.09. The molecule has 0 fully saturated rings. The highest BCUT2D eigenvalue weighted by molar-refractivity contribution is 9.10. The molecule has 0 saturated heterocycles. The van der Waals surface area contributed by atoms with Gasteiger partial charge in [0.05, 0.1) is 6.61 Å². The maximum absolute atomic E-state index is 12.3. The third-order valence-electron chi connectivity index (χ3n) is 1.86. The van der Waals surface area contributed by atoms with Crippen LogP contribution in [0.25, 0.3) is 0 Å². The Kier molecular flexibility index (Phi) is 5.18. The number of halogens is 4. The zero-order valence-corrected chi connectivity index (χ0v) is 12.0. The van der Waals surface area contributed by atoms with Gasteiger partial charge in [-0.25, -0.2) is 8.42 Å². The summed E-state index contributed by atoms with van der Waals surface area (Å²) in [6, 6.07) is 1.43. The first-order chi connectivity index (χ1) is 8.18. The molecule has 1 aromatic rings. The van der Waals surface area contributed by atoms with Crippen LogP contribution in [-0.4, -0.2) is 43.7 Å². The number of rotatable bonds is 5. The number of sulfonamides is 1. The fourth-order valence-corrected chi connectivity index (χ4v) is 5.04. The van der Waals surface area contributed by atoms with E-state index in [9.17, 15) is 21.6 Å². The van der Waals surface area contributed by atoms with Crippen LogP contribution >= 0.6 is 27.3 Å². The molecule has 0 bridgehead atoms. The van der Waals surface area contributed by atoms with Gasteiger partial charge < -0.3 is 5.11 Å². The molecular weight excluding hydrogens is 359 g/mol. The molecule has 0 aromatic carbocycles. The Labute approximate surface area is 114 Å². The molecule has 0 aliphatic carbocycles. The van der Waals surface area contributed by atoms with E-state index >= 15 is 0 Å². The molecule has 0 aliphatic rings. The van der Waals surface area contributed by atoms with E-state index in [0.29, 0.717) is 0 Å². The highest BCUT2D eigenvalue weighted by Crippen LogP contribution is 2.31. The molecule has 1 N–H and O–H groups in total. The van der Waals surface area contributed by atoms with Crippen LogP contribution in [0, 0.1) is 0 Å². The molecule has 10 heteroatoms. The molecule has 1 heterocycles. The molecule has 104 valence electrons. The third kappa shape index (κ3) is 3.92. The van der Waals surface area contributed by atoms with Gasteiger partial charge in [-0.2, -0.15) is 17.5 Å². The van der Waals surface area contributed by atoms with Crippen molar-refractivity contribution >= 4 is 37.3 Å². The number of hydrogen-bond acceptors (Lipinski definition) is 4. The molecular formula is C8H9BrF3NO3S2. The number of aliphatic hydroxyl groups excluding tert-OH is 1. The van der Waals surface area contributed by atoms with Gasteiger partial charge in [0.2, 0.25) is 0 Å². The fourth-order valence-electron chi connectivity index (χ4n) is 1.18. The first-order valence-electron chi connectivity index (χ1n) is 4.59. The minimum absolute atomic E-state index is 0.206. The normalized spacial score (nSPS) is 13.2. The Hall–Kier alpha value is -0.160. The maximum Gasteiger partial charge on any atom is 0.402 e. The van der Waals surface area contributed by atoms with Crippen LogP contribution < -0.4 is 0 Å². The molecule has 4 nitrogen and oxygen atoms in total. The average Bonchev–Trinajstić information content (AvgIpc) is 2.62. The summed E-state index contributed by atoms with van der Waals surface area (Å²) < 4.78 is 61.1. The zero-order valence-electron chi connectivity index (χ0n) is 8.82. The fraction of sp³-hybridized carbons (Fsp3) is 0.500. The van der Waals surface area contributed by atoms with E-state index in [2.05, 4.69) is 15.9 Å². The monoisotopic (exact) mass is 367 g/mol. The van der Waals surface area contributed by atoms with E-state index in [0.717, 1.165) is 11.3 Å². The van der Waals surface area contributed by atoms with Gasteiger partial charge >= 0.3 is 6.18 Å². The maximum atomic E-state index is 12.3. The summed E-state index contributed by atoms with van der Waals surface area (Å²) in [5.74, 6) is 0. The highest BCUT2D eigenvalue weighted by atomic mass is 79.9. The lowest BCUT2D eigenvalue weighted by atomic mass is 10.6. The van der Waals surface area contributed by atoms with Gasteiger partial charge in [-0.1, -0.05) is 0 Å². The molecule has 0 spiro atoms. The summed E-state index contributed by atoms with van der Waals surface area (Å²) in [6.45, 7) is -2.91. The second kappa shape index (κ2) is 5.87. The highest BCUT2D eigenvalue weighted by Gasteiger charge is 2.37. The summed E-state index contributed by atoms with van der Waals surface area (Å²) in [5, 5.41) is 10.1. The third-order valence-corrected chi connectivity index (χ3v) is 6.36. The van der Waals surface area contributed by atoms with Gasteiger partial charge in [0, 0.05) is 11.0 Å². The predicted octanol–water partition coefficient (Wildman–Crippen LogP) is 2.06. The van der Waals surface area contributed by atoms with Crippen molar-refractivity contribution in [3.8, 4) is 0 Å². The van der Waals surface area contributed by atoms with E-state index < -0.39 is 35.9 Å². The molecule has 0 atom stereocenters. The number of hydrogen-bond donors (Lipinski definition) is 1. The molecule has 0 amide bonds. The van der Waals surface area contributed by atoms with Gasteiger partial charge in [0.1, 0.15) is 10.8 Å². The minimum Gasteiger partial charge on any atom is -0.395 e. The van der Waals surface area contributed by atoms with Crippen LogP contribution in [-0.2, 0) is 10.0 Å². The Morgan fingerprint density at radius 2 is 2.06 bits per heavy atom. The van der Waals surface area contributed by atoms with Crippen LogP contribution in [0.4, 0.5) is 13.2 Å². The van der Waals surface area contributed by atoms with Crippen molar-refractivity contribution < 1.29 is 26.7 Å². The number of aliphatic hydroxyl groups is 1. The quantitative estimate of drug-likeness (QED) is 0.866. The van der Waals surface area contributed by atoms with Crippen molar-refractivity contribution in [2.24, 2.45) is 0 Å². The van der Waals surface area contributed by atoms with Crippen molar-refractivity contribution in [2.75, 3.05) is 19.7 Å². The zero-order chi connectivity index (χ0) is 14.0. The first kappa shape index (κ1) is 15.9. The van der Waals surface area contributed by atoms with Crippen molar-refractivity contribution in [2.45, 2.75) is 10.4 Å². The van der Waals surface area contributed by atoms with Crippen LogP contribution in [0.2, 0.25) is 0 Å². The Morgan fingerprint density at radius 1 is 1.44 bits per heavy atom. The van der Waals surface area contributed by atoms with E-state index in [1.807, 2.05) is 0 Å². The lowest BCUT2D eigenvalue weighted by molar-refractivity contribution is -0.136. The van der Waals surface area contributed by atoms with Crippen LogP contribution in [0.15, 0.2) is 20.1 Å². The van der Waals surface area contributed by atoms with E-state index in [-0.39, 0.29) is 13.0 Å². The standard InChI is InChI=1S/C8H9BrF3NO3S2/c9-6-1-4-17-7(6)18(15,16)13(2-3-14)5-8(10,11)12/h1,4,14H,2-3,5H2. The van der Waals surface area contributed by atoms with Crippen LogP contribution in [0.5, 0.6) is 0 Å². The van der Waals surface area contributed by atoms with Crippen LogP contribution in [0.1, 0.15) is 0 Å². The number of alkyl halides is 3. The number of nitrogens with zero attached hydrogens (tertiary/aromatic N) is 1. The second-order valence-electron chi connectivity index (χ2n) is 3.23. The lowest BCUT2D eigenvalue weighted by Crippen LogP contribution is -2.40. The average molecular weight is 368 g/mol. The first-order valence-corrected chi connectivity index (χ1v) is 7.70. The van der Waals surface area contributed by atoms with Gasteiger partial charge in [-0.15, -0.1) is 11.3 Å². The predicted molar refractivity (Wildman–Crippen MR) is 63.9 cm³/mol. The van der Waals surface area contributed by atoms with Crippen molar-refractivity contribution in [1.29, 1.82) is 0 Å². The van der Waals surface area contributed by atoms with E-state index in [4.69, 9.17) is 5.11 Å². The molecule has 1 aromatic heterocycles. The molecule has 18 heavy (non-hydrogen) atoms. The largest absolute Gasteiger partial charge is 0.402 e. The Morgan fingerprint density at radius 3 is 2.44 bits per heavy atom. The Bertz CT molecular complexity index is 500. The SMILES string of the molecule is O=S(=O)(c1sccc1Br)N(CCO)CC(F)(F)F. The van der Waals surface area contributed by atoms with E-state index in [1.54, 1.807) is 0 Å². The summed E-state index contributed by atoms with van der Waals surface area (Å²) in [7, 11) is -4.26. The molecule has 0 radical (unpaired) electrons. The van der Waals surface area contributed by atoms with Gasteiger partial charge in [0.15, 0.2) is 0 Å². The molecule has 0 saturated carbocycles. The van der Waals surface area contributed by atoms with Gasteiger partial charge in [0.25, 0.3) is 10.0 Å².